The number of ether oxygens (including phenoxy) is 1. The molecule has 148 valence electrons. The van der Waals surface area contributed by atoms with Gasteiger partial charge in [0.15, 0.2) is 0 Å². The van der Waals surface area contributed by atoms with Crippen LogP contribution < -0.4 is 5.32 Å². The summed E-state index contributed by atoms with van der Waals surface area (Å²) in [7, 11) is 0. The smallest absolute Gasteiger partial charge is 0.410 e. The Kier molecular flexibility index (Phi) is 4.98. The summed E-state index contributed by atoms with van der Waals surface area (Å²) in [5, 5.41) is 5.58. The van der Waals surface area contributed by atoms with Crippen LogP contribution in [0.4, 0.5) is 15.4 Å². The molecule has 0 aliphatic carbocycles. The standard InChI is InChI=1S/C18H27N5O3S/c1-11(2)21-6-4-13(5-7-21)23-14-8-22(9-15(14)26-18(23)25)17(24)20-16-10-27-12(3)19-16/h10-11,13-15H,4-9H2,1-3H3,(H,20,24)/t14-,15+/m1/s1. The van der Waals surface area contributed by atoms with Crippen LogP contribution in [0.1, 0.15) is 31.7 Å². The Balaban J connectivity index is 1.38. The number of rotatable bonds is 3. The van der Waals surface area contributed by atoms with E-state index in [-0.39, 0.29) is 30.3 Å². The number of amides is 3. The summed E-state index contributed by atoms with van der Waals surface area (Å²) < 4.78 is 5.60. The Hall–Kier alpha value is -1.87. The molecule has 0 unspecified atom stereocenters. The molecule has 0 aromatic carbocycles. The van der Waals surface area contributed by atoms with E-state index >= 15 is 0 Å². The first kappa shape index (κ1) is 18.5. The van der Waals surface area contributed by atoms with Crippen LogP contribution in [0, 0.1) is 6.92 Å². The van der Waals surface area contributed by atoms with Gasteiger partial charge in [-0.2, -0.15) is 0 Å². The highest BCUT2D eigenvalue weighted by atomic mass is 32.1. The topological polar surface area (TPSA) is 78.0 Å². The molecule has 3 aliphatic rings. The van der Waals surface area contributed by atoms with Crippen molar-refractivity contribution in [2.75, 3.05) is 31.5 Å². The van der Waals surface area contributed by atoms with Crippen molar-refractivity contribution in [2.24, 2.45) is 0 Å². The van der Waals surface area contributed by atoms with Crippen LogP contribution in [-0.2, 0) is 4.74 Å². The van der Waals surface area contributed by atoms with Crippen molar-refractivity contribution in [2.45, 2.75) is 57.8 Å². The minimum atomic E-state index is -0.233. The van der Waals surface area contributed by atoms with Crippen LogP contribution in [0.15, 0.2) is 5.38 Å². The van der Waals surface area contributed by atoms with Crippen molar-refractivity contribution in [3.63, 3.8) is 0 Å². The molecule has 0 spiro atoms. The molecule has 3 aliphatic heterocycles. The number of thiazole rings is 1. The van der Waals surface area contributed by atoms with Crippen molar-refractivity contribution in [1.82, 2.24) is 19.7 Å². The van der Waals surface area contributed by atoms with Crippen LogP contribution in [0.2, 0.25) is 0 Å². The number of carbonyl (C=O) groups is 2. The average Bonchev–Trinajstić information content (AvgIpc) is 3.29. The molecular weight excluding hydrogens is 366 g/mol. The predicted octanol–water partition coefficient (Wildman–Crippen LogP) is 2.36. The molecular formula is C18H27N5O3S. The number of hydrogen-bond acceptors (Lipinski definition) is 6. The molecule has 4 rings (SSSR count). The van der Waals surface area contributed by atoms with Crippen LogP contribution in [0.3, 0.4) is 0 Å². The number of fused-ring (bicyclic) bond motifs is 1. The third-order valence-corrected chi connectivity index (χ3v) is 6.59. The lowest BCUT2D eigenvalue weighted by atomic mass is 10.0. The van der Waals surface area contributed by atoms with Gasteiger partial charge in [0.05, 0.1) is 17.6 Å². The third-order valence-electron chi connectivity index (χ3n) is 5.82. The number of hydrogen-bond donors (Lipinski definition) is 1. The molecule has 2 atom stereocenters. The van der Waals surface area contributed by atoms with E-state index in [2.05, 4.69) is 29.0 Å². The lowest BCUT2D eigenvalue weighted by Crippen LogP contribution is -2.51. The fourth-order valence-electron chi connectivity index (χ4n) is 4.34. The number of aryl methyl sites for hydroxylation is 1. The Morgan fingerprint density at radius 1 is 1.33 bits per heavy atom. The van der Waals surface area contributed by atoms with Crippen LogP contribution in [-0.4, -0.2) is 82.2 Å². The molecule has 1 aromatic rings. The molecule has 0 radical (unpaired) electrons. The molecule has 9 heteroatoms. The number of piperidine rings is 1. The quantitative estimate of drug-likeness (QED) is 0.853. The fraction of sp³-hybridized carbons (Fsp3) is 0.722. The second-order valence-electron chi connectivity index (χ2n) is 7.84. The molecule has 8 nitrogen and oxygen atoms in total. The SMILES string of the molecule is Cc1nc(NC(=O)N2C[C@@H]3OC(=O)N(C4CCN(C(C)C)CC4)[C@@H]3C2)cs1. The number of carbonyl (C=O) groups excluding carboxylic acids is 2. The summed E-state index contributed by atoms with van der Waals surface area (Å²) in [5.74, 6) is 0.578. The molecule has 4 heterocycles. The molecule has 3 saturated heterocycles. The lowest BCUT2D eigenvalue weighted by molar-refractivity contribution is 0.0883. The van der Waals surface area contributed by atoms with E-state index in [9.17, 15) is 9.59 Å². The highest BCUT2D eigenvalue weighted by molar-refractivity contribution is 7.09. The van der Waals surface area contributed by atoms with E-state index in [4.69, 9.17) is 4.74 Å². The van der Waals surface area contributed by atoms with E-state index < -0.39 is 0 Å². The Labute approximate surface area is 163 Å². The number of nitrogens with zero attached hydrogens (tertiary/aromatic N) is 4. The zero-order valence-corrected chi connectivity index (χ0v) is 16.9. The van der Waals surface area contributed by atoms with Crippen molar-refractivity contribution in [1.29, 1.82) is 0 Å². The van der Waals surface area contributed by atoms with Gasteiger partial charge in [-0.15, -0.1) is 11.3 Å². The second kappa shape index (κ2) is 7.27. The van der Waals surface area contributed by atoms with Crippen molar-refractivity contribution < 1.29 is 14.3 Å². The van der Waals surface area contributed by atoms with Crippen molar-refractivity contribution >= 4 is 29.3 Å². The second-order valence-corrected chi connectivity index (χ2v) is 8.91. The number of nitrogens with one attached hydrogen (secondary N) is 1. The normalized spacial score (nSPS) is 26.6. The van der Waals surface area contributed by atoms with Crippen molar-refractivity contribution in [3.8, 4) is 0 Å². The van der Waals surface area contributed by atoms with Gasteiger partial charge in [-0.1, -0.05) is 0 Å². The summed E-state index contributed by atoms with van der Waals surface area (Å²) in [5.41, 5.74) is 0. The Morgan fingerprint density at radius 2 is 2.07 bits per heavy atom. The van der Waals surface area contributed by atoms with Gasteiger partial charge in [0.25, 0.3) is 0 Å². The molecule has 3 fully saturated rings. The highest BCUT2D eigenvalue weighted by Crippen LogP contribution is 2.32. The van der Waals surface area contributed by atoms with Gasteiger partial charge in [-0.05, 0) is 33.6 Å². The first-order chi connectivity index (χ1) is 12.9. The minimum Gasteiger partial charge on any atom is -0.442 e. The summed E-state index contributed by atoms with van der Waals surface area (Å²) >= 11 is 1.50. The van der Waals surface area contributed by atoms with E-state index in [1.54, 1.807) is 4.90 Å². The first-order valence-corrected chi connectivity index (χ1v) is 10.5. The van der Waals surface area contributed by atoms with Gasteiger partial charge in [0, 0.05) is 37.1 Å². The number of aromatic nitrogens is 1. The van der Waals surface area contributed by atoms with Gasteiger partial charge < -0.3 is 14.5 Å². The van der Waals surface area contributed by atoms with Gasteiger partial charge in [0.1, 0.15) is 11.9 Å². The van der Waals surface area contributed by atoms with E-state index in [1.165, 1.54) is 11.3 Å². The number of urea groups is 1. The maximum absolute atomic E-state index is 12.6. The van der Waals surface area contributed by atoms with E-state index in [0.717, 1.165) is 30.9 Å². The average molecular weight is 394 g/mol. The van der Waals surface area contributed by atoms with E-state index in [0.29, 0.717) is 24.9 Å². The summed E-state index contributed by atoms with van der Waals surface area (Å²) in [6, 6.07) is 0.507. The van der Waals surface area contributed by atoms with Crippen LogP contribution in [0.5, 0.6) is 0 Å². The van der Waals surface area contributed by atoms with Gasteiger partial charge in [-0.3, -0.25) is 10.2 Å². The molecule has 3 amide bonds. The predicted molar refractivity (Wildman–Crippen MR) is 103 cm³/mol. The summed E-state index contributed by atoms with van der Waals surface area (Å²) in [6.07, 6.45) is 1.47. The van der Waals surface area contributed by atoms with Crippen LogP contribution in [0.25, 0.3) is 0 Å². The summed E-state index contributed by atoms with van der Waals surface area (Å²) in [4.78, 5) is 35.3. The maximum atomic E-state index is 12.6. The van der Waals surface area contributed by atoms with E-state index in [1.807, 2.05) is 17.2 Å². The molecule has 1 N–H and O–H groups in total. The van der Waals surface area contributed by atoms with Crippen LogP contribution >= 0.6 is 11.3 Å². The Bertz CT molecular complexity index is 716. The monoisotopic (exact) mass is 393 g/mol. The highest BCUT2D eigenvalue weighted by Gasteiger charge is 2.51. The molecule has 0 saturated carbocycles. The number of likely N-dealkylation sites (tertiary alicyclic amines) is 2. The van der Waals surface area contributed by atoms with Gasteiger partial charge in [0.2, 0.25) is 0 Å². The molecule has 1 aromatic heterocycles. The first-order valence-electron chi connectivity index (χ1n) is 9.63. The third kappa shape index (κ3) is 3.62. The largest absolute Gasteiger partial charge is 0.442 e. The van der Waals surface area contributed by atoms with Gasteiger partial charge >= 0.3 is 12.1 Å². The van der Waals surface area contributed by atoms with Crippen molar-refractivity contribution in [3.05, 3.63) is 10.4 Å². The fourth-order valence-corrected chi connectivity index (χ4v) is 4.89. The van der Waals surface area contributed by atoms with Gasteiger partial charge in [-0.25, -0.2) is 14.6 Å². The minimum absolute atomic E-state index is 0.0454. The lowest BCUT2D eigenvalue weighted by Gasteiger charge is -2.39. The zero-order valence-electron chi connectivity index (χ0n) is 16.1. The molecule has 0 bridgehead atoms. The maximum Gasteiger partial charge on any atom is 0.410 e. The Morgan fingerprint density at radius 3 is 2.70 bits per heavy atom. The summed E-state index contributed by atoms with van der Waals surface area (Å²) in [6.45, 7) is 9.26. The molecule has 27 heavy (non-hydrogen) atoms. The zero-order chi connectivity index (χ0) is 19.1. The number of anilines is 1.